The number of hydrogen-bond donors (Lipinski definition) is 1. The summed E-state index contributed by atoms with van der Waals surface area (Å²) in [6.07, 6.45) is 5.08. The number of nitrogens with one attached hydrogen (secondary N) is 1. The average Bonchev–Trinajstić information content (AvgIpc) is 2.86. The summed E-state index contributed by atoms with van der Waals surface area (Å²) in [6.45, 7) is 4.87. The lowest BCUT2D eigenvalue weighted by Crippen LogP contribution is -2.35. The molecule has 1 aliphatic rings. The van der Waals surface area contributed by atoms with Crippen LogP contribution < -0.4 is 5.32 Å². The highest BCUT2D eigenvalue weighted by Crippen LogP contribution is 2.47. The summed E-state index contributed by atoms with van der Waals surface area (Å²) in [5.41, 5.74) is 0.155. The highest BCUT2D eigenvalue weighted by molar-refractivity contribution is 5.26. The molecular formula is C16H22F3N. The minimum absolute atomic E-state index is 0.0969. The first-order valence-corrected chi connectivity index (χ1v) is 7.36. The van der Waals surface area contributed by atoms with Gasteiger partial charge in [0.2, 0.25) is 0 Å². The molecule has 0 amide bonds. The van der Waals surface area contributed by atoms with Gasteiger partial charge in [0.05, 0.1) is 0 Å². The zero-order chi connectivity index (χ0) is 14.8. The van der Waals surface area contributed by atoms with Crippen LogP contribution in [-0.4, -0.2) is 6.54 Å². The van der Waals surface area contributed by atoms with Gasteiger partial charge < -0.3 is 5.32 Å². The largest absolute Gasteiger partial charge is 0.309 e. The van der Waals surface area contributed by atoms with E-state index in [0.717, 1.165) is 44.7 Å². The highest BCUT2D eigenvalue weighted by atomic mass is 19.2. The van der Waals surface area contributed by atoms with Crippen LogP contribution in [0.25, 0.3) is 0 Å². The molecule has 112 valence electrons. The van der Waals surface area contributed by atoms with Crippen molar-refractivity contribution in [3.8, 4) is 0 Å². The fraction of sp³-hybridized carbons (Fsp3) is 0.625. The van der Waals surface area contributed by atoms with E-state index in [1.165, 1.54) is 6.07 Å². The maximum atomic E-state index is 14.1. The molecule has 1 saturated carbocycles. The van der Waals surface area contributed by atoms with Gasteiger partial charge in [0.1, 0.15) is 0 Å². The molecule has 1 aromatic rings. The van der Waals surface area contributed by atoms with E-state index in [4.69, 9.17) is 0 Å². The van der Waals surface area contributed by atoms with Gasteiger partial charge in [0.15, 0.2) is 17.5 Å². The predicted molar refractivity (Wildman–Crippen MR) is 73.9 cm³/mol. The molecule has 1 aliphatic carbocycles. The molecule has 1 aromatic carbocycles. The topological polar surface area (TPSA) is 12.0 Å². The quantitative estimate of drug-likeness (QED) is 0.771. The molecule has 4 heteroatoms. The van der Waals surface area contributed by atoms with E-state index >= 15 is 0 Å². The Morgan fingerprint density at radius 1 is 1.15 bits per heavy atom. The first-order valence-electron chi connectivity index (χ1n) is 7.36. The monoisotopic (exact) mass is 285 g/mol. The summed E-state index contributed by atoms with van der Waals surface area (Å²) >= 11 is 0. The number of halogens is 3. The minimum atomic E-state index is -1.37. The van der Waals surface area contributed by atoms with Crippen LogP contribution in [0.3, 0.4) is 0 Å². The third kappa shape index (κ3) is 2.85. The van der Waals surface area contributed by atoms with Crippen LogP contribution in [-0.2, 0) is 0 Å². The van der Waals surface area contributed by atoms with E-state index in [2.05, 4.69) is 12.2 Å². The molecule has 1 nitrogen and oxygen atoms in total. The van der Waals surface area contributed by atoms with Gasteiger partial charge in [-0.15, -0.1) is 0 Å². The van der Waals surface area contributed by atoms with Crippen LogP contribution in [0.4, 0.5) is 13.2 Å². The Kier molecular flexibility index (Phi) is 4.74. The number of hydrogen-bond acceptors (Lipinski definition) is 1. The maximum absolute atomic E-state index is 14.1. The standard InChI is InChI=1S/C16H22F3N/c1-3-10-20-15(16(2)8-4-5-9-16)11-6-7-12(17)14(19)13(11)18/h6-7,15,20H,3-5,8-10H2,1-2H3. The molecule has 2 rings (SSSR count). The van der Waals surface area contributed by atoms with Gasteiger partial charge in [-0.3, -0.25) is 0 Å². The molecule has 0 saturated heterocycles. The third-order valence-corrected chi connectivity index (χ3v) is 4.42. The van der Waals surface area contributed by atoms with Crippen LogP contribution in [0.1, 0.15) is 57.6 Å². The van der Waals surface area contributed by atoms with Crippen molar-refractivity contribution in [2.24, 2.45) is 5.41 Å². The first kappa shape index (κ1) is 15.4. The summed E-state index contributed by atoms with van der Waals surface area (Å²) in [4.78, 5) is 0. The highest BCUT2D eigenvalue weighted by Gasteiger charge is 2.39. The lowest BCUT2D eigenvalue weighted by Gasteiger charge is -2.35. The van der Waals surface area contributed by atoms with Crippen LogP contribution >= 0.6 is 0 Å². The van der Waals surface area contributed by atoms with Crippen molar-refractivity contribution in [2.45, 2.75) is 52.0 Å². The fourth-order valence-electron chi connectivity index (χ4n) is 3.26. The summed E-state index contributed by atoms with van der Waals surface area (Å²) < 4.78 is 40.7. The molecule has 0 radical (unpaired) electrons. The average molecular weight is 285 g/mol. The summed E-state index contributed by atoms with van der Waals surface area (Å²) in [5, 5.41) is 3.33. The van der Waals surface area contributed by atoms with E-state index in [9.17, 15) is 13.2 Å². The zero-order valence-electron chi connectivity index (χ0n) is 12.1. The predicted octanol–water partition coefficient (Wildman–Crippen LogP) is 4.72. The lowest BCUT2D eigenvalue weighted by atomic mass is 9.77. The van der Waals surface area contributed by atoms with Crippen molar-refractivity contribution in [1.29, 1.82) is 0 Å². The van der Waals surface area contributed by atoms with Crippen LogP contribution in [0.15, 0.2) is 12.1 Å². The molecular weight excluding hydrogens is 263 g/mol. The van der Waals surface area contributed by atoms with E-state index in [1.807, 2.05) is 6.92 Å². The fourth-order valence-corrected chi connectivity index (χ4v) is 3.26. The summed E-state index contributed by atoms with van der Waals surface area (Å²) in [7, 11) is 0. The molecule has 0 aromatic heterocycles. The zero-order valence-corrected chi connectivity index (χ0v) is 12.1. The Morgan fingerprint density at radius 3 is 2.40 bits per heavy atom. The van der Waals surface area contributed by atoms with Crippen molar-refractivity contribution in [3.05, 3.63) is 35.1 Å². The van der Waals surface area contributed by atoms with Crippen LogP contribution in [0, 0.1) is 22.9 Å². The van der Waals surface area contributed by atoms with Crippen LogP contribution in [0.2, 0.25) is 0 Å². The minimum Gasteiger partial charge on any atom is -0.309 e. The van der Waals surface area contributed by atoms with E-state index in [-0.39, 0.29) is 17.0 Å². The van der Waals surface area contributed by atoms with Crippen LogP contribution in [0.5, 0.6) is 0 Å². The molecule has 1 fully saturated rings. The van der Waals surface area contributed by atoms with Crippen molar-refractivity contribution in [2.75, 3.05) is 6.54 Å². The Morgan fingerprint density at radius 2 is 1.80 bits per heavy atom. The first-order chi connectivity index (χ1) is 9.49. The molecule has 0 heterocycles. The van der Waals surface area contributed by atoms with Crippen molar-refractivity contribution >= 4 is 0 Å². The Bertz CT molecular complexity index is 467. The van der Waals surface area contributed by atoms with Crippen molar-refractivity contribution < 1.29 is 13.2 Å². The molecule has 20 heavy (non-hydrogen) atoms. The van der Waals surface area contributed by atoms with E-state index in [1.54, 1.807) is 0 Å². The van der Waals surface area contributed by atoms with Crippen molar-refractivity contribution in [1.82, 2.24) is 5.32 Å². The third-order valence-electron chi connectivity index (χ3n) is 4.42. The van der Waals surface area contributed by atoms with E-state index < -0.39 is 17.5 Å². The Balaban J connectivity index is 2.38. The molecule has 0 spiro atoms. The van der Waals surface area contributed by atoms with Gasteiger partial charge >= 0.3 is 0 Å². The van der Waals surface area contributed by atoms with Crippen molar-refractivity contribution in [3.63, 3.8) is 0 Å². The van der Waals surface area contributed by atoms with Gasteiger partial charge in [0.25, 0.3) is 0 Å². The molecule has 1 unspecified atom stereocenters. The number of rotatable bonds is 5. The second-order valence-electron chi connectivity index (χ2n) is 6.01. The summed E-state index contributed by atoms with van der Waals surface area (Å²) in [6, 6.07) is 2.14. The molecule has 0 aliphatic heterocycles. The normalized spacial score (nSPS) is 19.2. The van der Waals surface area contributed by atoms with Gasteiger partial charge in [-0.1, -0.05) is 32.8 Å². The second-order valence-corrected chi connectivity index (χ2v) is 6.01. The molecule has 1 atom stereocenters. The smallest absolute Gasteiger partial charge is 0.194 e. The Hall–Kier alpha value is -1.03. The van der Waals surface area contributed by atoms with E-state index in [0.29, 0.717) is 0 Å². The van der Waals surface area contributed by atoms with Gasteiger partial charge in [-0.25, -0.2) is 13.2 Å². The number of benzene rings is 1. The van der Waals surface area contributed by atoms with Gasteiger partial charge in [0, 0.05) is 11.6 Å². The summed E-state index contributed by atoms with van der Waals surface area (Å²) in [5.74, 6) is -3.55. The van der Waals surface area contributed by atoms with Gasteiger partial charge in [-0.05, 0) is 37.3 Å². The Labute approximate surface area is 118 Å². The second kappa shape index (κ2) is 6.17. The SMILES string of the molecule is CCCNC(c1ccc(F)c(F)c1F)C1(C)CCCC1. The maximum Gasteiger partial charge on any atom is 0.194 e. The lowest BCUT2D eigenvalue weighted by molar-refractivity contribution is 0.217. The van der Waals surface area contributed by atoms with Gasteiger partial charge in [-0.2, -0.15) is 0 Å². The molecule has 1 N–H and O–H groups in total. The molecule has 0 bridgehead atoms.